The molecule has 2 atom stereocenters. The average molecular weight is 331 g/mol. The number of furan rings is 1. The SMILES string of the molecule is Cc1oc(CNC(=O)[C@H]2Oc3ccccc3O[C@H]2C)cc1C(=O)O. The molecule has 24 heavy (non-hydrogen) atoms. The molecule has 2 heterocycles. The predicted octanol–water partition coefficient (Wildman–Crippen LogP) is 2.13. The van der Waals surface area contributed by atoms with Crippen molar-refractivity contribution in [3.05, 3.63) is 47.4 Å². The largest absolute Gasteiger partial charge is 0.482 e. The number of hydrogen-bond acceptors (Lipinski definition) is 5. The second-order valence-electron chi connectivity index (χ2n) is 5.51. The number of aromatic carboxylic acids is 1. The maximum absolute atomic E-state index is 12.3. The maximum Gasteiger partial charge on any atom is 0.339 e. The minimum atomic E-state index is -1.07. The van der Waals surface area contributed by atoms with E-state index in [1.54, 1.807) is 32.0 Å². The fourth-order valence-electron chi connectivity index (χ4n) is 2.52. The highest BCUT2D eigenvalue weighted by Crippen LogP contribution is 2.33. The van der Waals surface area contributed by atoms with Crippen LogP contribution in [-0.4, -0.2) is 29.2 Å². The van der Waals surface area contributed by atoms with E-state index in [0.29, 0.717) is 23.0 Å². The minimum Gasteiger partial charge on any atom is -0.482 e. The Kier molecular flexibility index (Phi) is 4.16. The second-order valence-corrected chi connectivity index (χ2v) is 5.51. The van der Waals surface area contributed by atoms with E-state index in [1.165, 1.54) is 6.07 Å². The standard InChI is InChI=1S/C17H17NO6/c1-9-12(17(20)21)7-11(22-9)8-18-16(19)15-10(2)23-13-5-3-4-6-14(13)24-15/h3-7,10,15H,8H2,1-2H3,(H,18,19)(H,20,21)/t10-,15-/m0/s1. The molecule has 2 aromatic rings. The van der Waals surface area contributed by atoms with Crippen LogP contribution in [0.3, 0.4) is 0 Å². The first kappa shape index (κ1) is 15.9. The Hall–Kier alpha value is -2.96. The van der Waals surface area contributed by atoms with Gasteiger partial charge in [-0.3, -0.25) is 4.79 Å². The van der Waals surface area contributed by atoms with Gasteiger partial charge in [-0.05, 0) is 32.0 Å². The van der Waals surface area contributed by atoms with Crippen molar-refractivity contribution in [1.29, 1.82) is 0 Å². The summed E-state index contributed by atoms with van der Waals surface area (Å²) in [5.74, 6) is 0.347. The predicted molar refractivity (Wildman–Crippen MR) is 83.2 cm³/mol. The van der Waals surface area contributed by atoms with E-state index in [9.17, 15) is 9.59 Å². The number of nitrogens with one attached hydrogen (secondary N) is 1. The van der Waals surface area contributed by atoms with Crippen molar-refractivity contribution in [2.75, 3.05) is 0 Å². The molecule has 1 amide bonds. The van der Waals surface area contributed by atoms with Gasteiger partial charge in [-0.1, -0.05) is 12.1 Å². The molecule has 0 fully saturated rings. The smallest absolute Gasteiger partial charge is 0.339 e. The summed E-state index contributed by atoms with van der Waals surface area (Å²) in [7, 11) is 0. The van der Waals surface area contributed by atoms with Gasteiger partial charge in [-0.25, -0.2) is 4.79 Å². The third-order valence-corrected chi connectivity index (χ3v) is 3.74. The molecule has 0 bridgehead atoms. The number of aryl methyl sites for hydroxylation is 1. The number of fused-ring (bicyclic) bond motifs is 1. The summed E-state index contributed by atoms with van der Waals surface area (Å²) in [5, 5.41) is 11.7. The van der Waals surface area contributed by atoms with Gasteiger partial charge in [0.15, 0.2) is 11.5 Å². The van der Waals surface area contributed by atoms with Crippen molar-refractivity contribution >= 4 is 11.9 Å². The average Bonchev–Trinajstić information content (AvgIpc) is 2.93. The number of amides is 1. The van der Waals surface area contributed by atoms with Crippen LogP contribution in [0.4, 0.5) is 0 Å². The molecule has 1 aliphatic rings. The number of benzene rings is 1. The van der Waals surface area contributed by atoms with E-state index in [2.05, 4.69) is 5.32 Å². The summed E-state index contributed by atoms with van der Waals surface area (Å²) < 4.78 is 16.7. The molecule has 0 aliphatic carbocycles. The molecule has 0 saturated heterocycles. The fraction of sp³-hybridized carbons (Fsp3) is 0.294. The zero-order valence-corrected chi connectivity index (χ0v) is 13.2. The Balaban J connectivity index is 1.65. The lowest BCUT2D eigenvalue weighted by Crippen LogP contribution is -2.48. The van der Waals surface area contributed by atoms with Crippen molar-refractivity contribution in [3.8, 4) is 11.5 Å². The summed E-state index contributed by atoms with van der Waals surface area (Å²) in [6.45, 7) is 3.38. The molecule has 0 spiro atoms. The van der Waals surface area contributed by atoms with Crippen LogP contribution in [0.15, 0.2) is 34.7 Å². The number of carboxylic acid groups (broad SMARTS) is 1. The third-order valence-electron chi connectivity index (χ3n) is 3.74. The van der Waals surface area contributed by atoms with Crippen molar-refractivity contribution < 1.29 is 28.6 Å². The van der Waals surface area contributed by atoms with E-state index in [-0.39, 0.29) is 18.0 Å². The van der Waals surface area contributed by atoms with Crippen LogP contribution >= 0.6 is 0 Å². The molecule has 0 unspecified atom stereocenters. The summed E-state index contributed by atoms with van der Waals surface area (Å²) in [6.07, 6.45) is -1.25. The second kappa shape index (κ2) is 6.27. The molecule has 0 radical (unpaired) electrons. The molecular weight excluding hydrogens is 314 g/mol. The van der Waals surface area contributed by atoms with Gasteiger partial charge in [0.05, 0.1) is 6.54 Å². The van der Waals surface area contributed by atoms with E-state index in [1.807, 2.05) is 6.07 Å². The molecule has 7 heteroatoms. The van der Waals surface area contributed by atoms with E-state index in [0.717, 1.165) is 0 Å². The van der Waals surface area contributed by atoms with Crippen molar-refractivity contribution in [1.82, 2.24) is 5.32 Å². The van der Waals surface area contributed by atoms with E-state index in [4.69, 9.17) is 19.0 Å². The highest BCUT2D eigenvalue weighted by atomic mass is 16.6. The van der Waals surface area contributed by atoms with E-state index < -0.39 is 18.2 Å². The zero-order valence-electron chi connectivity index (χ0n) is 13.2. The first-order chi connectivity index (χ1) is 11.5. The van der Waals surface area contributed by atoms with Crippen molar-refractivity contribution in [2.45, 2.75) is 32.6 Å². The fourth-order valence-corrected chi connectivity index (χ4v) is 2.52. The van der Waals surface area contributed by atoms with Gasteiger partial charge in [-0.15, -0.1) is 0 Å². The molecule has 126 valence electrons. The van der Waals surface area contributed by atoms with Crippen LogP contribution in [0.1, 0.15) is 28.8 Å². The highest BCUT2D eigenvalue weighted by Gasteiger charge is 2.34. The molecular formula is C17H17NO6. The number of para-hydroxylation sites is 2. The Bertz CT molecular complexity index is 781. The molecule has 0 saturated carbocycles. The number of carbonyl (C=O) groups is 2. The molecule has 2 N–H and O–H groups in total. The number of carbonyl (C=O) groups excluding carboxylic acids is 1. The van der Waals surface area contributed by atoms with Gasteiger partial charge in [0.1, 0.15) is 23.2 Å². The zero-order chi connectivity index (χ0) is 17.3. The van der Waals surface area contributed by atoms with Crippen molar-refractivity contribution in [3.63, 3.8) is 0 Å². The topological polar surface area (TPSA) is 98.0 Å². The van der Waals surface area contributed by atoms with Crippen molar-refractivity contribution in [2.24, 2.45) is 0 Å². The Morgan fingerprint density at radius 3 is 2.50 bits per heavy atom. The van der Waals surface area contributed by atoms with Gasteiger partial charge >= 0.3 is 5.97 Å². The summed E-state index contributed by atoms with van der Waals surface area (Å²) in [4.78, 5) is 23.3. The molecule has 3 rings (SSSR count). The first-order valence-electron chi connectivity index (χ1n) is 7.48. The van der Waals surface area contributed by atoms with Gasteiger partial charge in [0.25, 0.3) is 5.91 Å². The van der Waals surface area contributed by atoms with Crippen LogP contribution in [0, 0.1) is 6.92 Å². The Labute approximate surface area is 138 Å². The van der Waals surface area contributed by atoms with Crippen LogP contribution in [0.5, 0.6) is 11.5 Å². The van der Waals surface area contributed by atoms with Crippen LogP contribution in [-0.2, 0) is 11.3 Å². The van der Waals surface area contributed by atoms with E-state index >= 15 is 0 Å². The van der Waals surface area contributed by atoms with Crippen LogP contribution in [0.25, 0.3) is 0 Å². The molecule has 1 aliphatic heterocycles. The number of ether oxygens (including phenoxy) is 2. The maximum atomic E-state index is 12.3. The van der Waals surface area contributed by atoms with Gasteiger partial charge in [0.2, 0.25) is 6.10 Å². The molecule has 1 aromatic heterocycles. The minimum absolute atomic E-state index is 0.0706. The number of hydrogen-bond donors (Lipinski definition) is 2. The lowest BCUT2D eigenvalue weighted by molar-refractivity contribution is -0.133. The monoisotopic (exact) mass is 331 g/mol. The number of rotatable bonds is 4. The lowest BCUT2D eigenvalue weighted by atomic mass is 10.1. The third kappa shape index (κ3) is 3.05. The molecule has 1 aromatic carbocycles. The summed E-state index contributed by atoms with van der Waals surface area (Å²) >= 11 is 0. The van der Waals surface area contributed by atoms with Crippen LogP contribution in [0.2, 0.25) is 0 Å². The lowest BCUT2D eigenvalue weighted by Gasteiger charge is -2.30. The first-order valence-corrected chi connectivity index (χ1v) is 7.48. The summed E-state index contributed by atoms with van der Waals surface area (Å²) in [5.41, 5.74) is 0.0822. The van der Waals surface area contributed by atoms with Gasteiger partial charge in [-0.2, -0.15) is 0 Å². The Morgan fingerprint density at radius 2 is 1.88 bits per heavy atom. The van der Waals surface area contributed by atoms with Crippen LogP contribution < -0.4 is 14.8 Å². The highest BCUT2D eigenvalue weighted by molar-refractivity contribution is 5.88. The quantitative estimate of drug-likeness (QED) is 0.890. The number of carboxylic acids is 1. The van der Waals surface area contributed by atoms with Gasteiger partial charge < -0.3 is 24.3 Å². The summed E-state index contributed by atoms with van der Waals surface area (Å²) in [6, 6.07) is 8.53. The molecule has 7 nitrogen and oxygen atoms in total. The van der Waals surface area contributed by atoms with Gasteiger partial charge in [0, 0.05) is 0 Å². The Morgan fingerprint density at radius 1 is 1.21 bits per heavy atom. The normalized spacial score (nSPS) is 18.9.